The molecule has 1 N–H and O–H groups in total. The smallest absolute Gasteiger partial charge is 0.305 e. The van der Waals surface area contributed by atoms with Crippen LogP contribution in [0.4, 0.5) is 0 Å². The van der Waals surface area contributed by atoms with Crippen molar-refractivity contribution < 1.29 is 19.1 Å². The molecule has 0 heterocycles. The van der Waals surface area contributed by atoms with E-state index in [0.717, 1.165) is 0 Å². The molecule has 0 aromatic carbocycles. The minimum atomic E-state index is -1.96. The van der Waals surface area contributed by atoms with Crippen molar-refractivity contribution in [1.29, 1.82) is 0 Å². The van der Waals surface area contributed by atoms with Gasteiger partial charge in [-0.05, 0) is 37.9 Å². The van der Waals surface area contributed by atoms with Crippen molar-refractivity contribution in [3.63, 3.8) is 0 Å². The Bertz CT molecular complexity index is 318. The number of carbonyl (C=O) groups is 2. The highest BCUT2D eigenvalue weighted by Gasteiger charge is 2.39. The summed E-state index contributed by atoms with van der Waals surface area (Å²) in [6, 6.07) is 0. The predicted octanol–water partition coefficient (Wildman–Crippen LogP) is 3.61. The van der Waals surface area contributed by atoms with Gasteiger partial charge in [0.1, 0.15) is 5.78 Å². The molecule has 5 heteroatoms. The van der Waals surface area contributed by atoms with Gasteiger partial charge in [0.05, 0.1) is 12.5 Å². The maximum Gasteiger partial charge on any atom is 0.305 e. The average molecular weight is 288 g/mol. The summed E-state index contributed by atoms with van der Waals surface area (Å²) in [5, 5.41) is 9.02. The van der Waals surface area contributed by atoms with Crippen molar-refractivity contribution in [3.8, 4) is 0 Å². The van der Waals surface area contributed by atoms with Crippen molar-refractivity contribution in [2.75, 3.05) is 0 Å². The summed E-state index contributed by atoms with van der Waals surface area (Å²) in [5.74, 6) is -0.701. The number of aliphatic carboxylic acids is 1. The highest BCUT2D eigenvalue weighted by atomic mass is 28.4. The molecule has 0 aromatic heterocycles. The molecule has 0 rings (SSSR count). The highest BCUT2D eigenvalue weighted by molar-refractivity contribution is 6.74. The van der Waals surface area contributed by atoms with Gasteiger partial charge in [-0.15, -0.1) is 0 Å². The van der Waals surface area contributed by atoms with Crippen LogP contribution in [0.1, 0.15) is 53.4 Å². The third-order valence-corrected chi connectivity index (χ3v) is 8.26. The second kappa shape index (κ2) is 7.19. The summed E-state index contributed by atoms with van der Waals surface area (Å²) >= 11 is 0. The van der Waals surface area contributed by atoms with Crippen LogP contribution in [-0.4, -0.2) is 31.3 Å². The molecule has 0 amide bonds. The van der Waals surface area contributed by atoms with Crippen LogP contribution in [0.2, 0.25) is 18.1 Å². The minimum absolute atomic E-state index is 0.0183. The molecule has 1 unspecified atom stereocenters. The molecule has 0 aliphatic carbocycles. The molecular weight excluding hydrogens is 260 g/mol. The van der Waals surface area contributed by atoms with Gasteiger partial charge < -0.3 is 14.3 Å². The van der Waals surface area contributed by atoms with Gasteiger partial charge in [-0.2, -0.15) is 0 Å². The van der Waals surface area contributed by atoms with E-state index in [0.29, 0.717) is 19.3 Å². The van der Waals surface area contributed by atoms with E-state index >= 15 is 0 Å². The fraction of sp³-hybridized carbons (Fsp3) is 0.857. The van der Waals surface area contributed by atoms with E-state index in [1.807, 2.05) is 0 Å². The Kier molecular flexibility index (Phi) is 6.93. The Labute approximate surface area is 117 Å². The molecule has 19 heavy (non-hydrogen) atoms. The van der Waals surface area contributed by atoms with Crippen LogP contribution in [0.5, 0.6) is 0 Å². The van der Waals surface area contributed by atoms with Gasteiger partial charge in [0, 0.05) is 6.42 Å². The topological polar surface area (TPSA) is 63.6 Å². The second-order valence-electron chi connectivity index (χ2n) is 6.69. The lowest BCUT2D eigenvalue weighted by Crippen LogP contribution is -2.44. The van der Waals surface area contributed by atoms with Crippen molar-refractivity contribution >= 4 is 20.1 Å². The van der Waals surface area contributed by atoms with E-state index in [-0.39, 0.29) is 23.3 Å². The summed E-state index contributed by atoms with van der Waals surface area (Å²) in [7, 11) is -1.96. The maximum absolute atomic E-state index is 10.9. The van der Waals surface area contributed by atoms with E-state index in [1.54, 1.807) is 6.92 Å². The zero-order chi connectivity index (χ0) is 15.3. The number of carbonyl (C=O) groups excluding carboxylic acids is 1. The zero-order valence-electron chi connectivity index (χ0n) is 13.1. The Morgan fingerprint density at radius 3 is 2.16 bits per heavy atom. The third kappa shape index (κ3) is 7.47. The molecule has 0 radical (unpaired) electrons. The number of carboxylic acids is 1. The fourth-order valence-corrected chi connectivity index (χ4v) is 2.96. The number of hydrogen-bond donors (Lipinski definition) is 1. The van der Waals surface area contributed by atoms with Gasteiger partial charge in [-0.25, -0.2) is 0 Å². The van der Waals surface area contributed by atoms with Crippen LogP contribution >= 0.6 is 0 Å². The molecule has 0 aliphatic heterocycles. The maximum atomic E-state index is 10.9. The summed E-state index contributed by atoms with van der Waals surface area (Å²) in [6.45, 7) is 12.2. The predicted molar refractivity (Wildman–Crippen MR) is 78.9 cm³/mol. The molecule has 0 spiro atoms. The van der Waals surface area contributed by atoms with E-state index in [4.69, 9.17) is 9.53 Å². The molecule has 112 valence electrons. The lowest BCUT2D eigenvalue weighted by atomic mass is 10.1. The summed E-state index contributed by atoms with van der Waals surface area (Å²) in [5.41, 5.74) is 0. The van der Waals surface area contributed by atoms with Crippen LogP contribution in [0.15, 0.2) is 0 Å². The minimum Gasteiger partial charge on any atom is -0.481 e. The Morgan fingerprint density at radius 1 is 1.26 bits per heavy atom. The number of rotatable bonds is 8. The molecule has 1 atom stereocenters. The number of hydrogen-bond acceptors (Lipinski definition) is 3. The van der Waals surface area contributed by atoms with Gasteiger partial charge in [-0.1, -0.05) is 20.8 Å². The lowest BCUT2D eigenvalue weighted by Gasteiger charge is -2.39. The Hall–Kier alpha value is -0.683. The van der Waals surface area contributed by atoms with Crippen LogP contribution in [-0.2, 0) is 14.0 Å². The van der Waals surface area contributed by atoms with Crippen molar-refractivity contribution in [3.05, 3.63) is 0 Å². The van der Waals surface area contributed by atoms with Crippen LogP contribution in [0.3, 0.4) is 0 Å². The SMILES string of the molecule is CC(=O)CCCC(CC(=O)O)O[Si](C)(C)C(C)(C)C. The molecular formula is C14H28O4Si. The highest BCUT2D eigenvalue weighted by Crippen LogP contribution is 2.38. The van der Waals surface area contributed by atoms with Crippen molar-refractivity contribution in [2.24, 2.45) is 0 Å². The number of carboxylic acid groups (broad SMARTS) is 1. The first-order valence-electron chi connectivity index (χ1n) is 6.85. The van der Waals surface area contributed by atoms with Crippen LogP contribution < -0.4 is 0 Å². The van der Waals surface area contributed by atoms with Crippen molar-refractivity contribution in [2.45, 2.75) is 77.6 Å². The van der Waals surface area contributed by atoms with Crippen molar-refractivity contribution in [1.82, 2.24) is 0 Å². The lowest BCUT2D eigenvalue weighted by molar-refractivity contribution is -0.139. The number of ketones is 1. The third-order valence-electron chi connectivity index (χ3n) is 3.72. The molecule has 0 aliphatic rings. The van der Waals surface area contributed by atoms with Gasteiger partial charge in [0.2, 0.25) is 0 Å². The average Bonchev–Trinajstić information content (AvgIpc) is 2.12. The molecule has 0 bridgehead atoms. The summed E-state index contributed by atoms with van der Waals surface area (Å²) in [6.07, 6.45) is 1.57. The van der Waals surface area contributed by atoms with E-state index in [2.05, 4.69) is 33.9 Å². The second-order valence-corrected chi connectivity index (χ2v) is 11.4. The quantitative estimate of drug-likeness (QED) is 0.693. The van der Waals surface area contributed by atoms with E-state index < -0.39 is 14.3 Å². The van der Waals surface area contributed by atoms with E-state index in [9.17, 15) is 9.59 Å². The monoisotopic (exact) mass is 288 g/mol. The first-order chi connectivity index (χ1) is 8.45. The molecule has 0 aromatic rings. The first kappa shape index (κ1) is 18.3. The number of Topliss-reactive ketones (excluding diaryl/α,β-unsaturated/α-hetero) is 1. The fourth-order valence-electron chi connectivity index (χ4n) is 1.57. The zero-order valence-corrected chi connectivity index (χ0v) is 14.1. The summed E-state index contributed by atoms with van der Waals surface area (Å²) in [4.78, 5) is 21.9. The standard InChI is InChI=1S/C14H28O4Si/c1-11(15)8-7-9-12(10-13(16)17)18-19(5,6)14(2,3)4/h12H,7-10H2,1-6H3,(H,16,17). The van der Waals surface area contributed by atoms with Crippen LogP contribution in [0, 0.1) is 0 Å². The van der Waals surface area contributed by atoms with Gasteiger partial charge in [-0.3, -0.25) is 4.79 Å². The molecule has 4 nitrogen and oxygen atoms in total. The molecule has 0 saturated carbocycles. The largest absolute Gasteiger partial charge is 0.481 e. The first-order valence-corrected chi connectivity index (χ1v) is 9.75. The van der Waals surface area contributed by atoms with Gasteiger partial charge in [0.15, 0.2) is 8.32 Å². The Balaban J connectivity index is 4.58. The van der Waals surface area contributed by atoms with E-state index in [1.165, 1.54) is 0 Å². The van der Waals surface area contributed by atoms with Gasteiger partial charge >= 0.3 is 5.97 Å². The van der Waals surface area contributed by atoms with Crippen LogP contribution in [0.25, 0.3) is 0 Å². The Morgan fingerprint density at radius 2 is 1.79 bits per heavy atom. The summed E-state index contributed by atoms with van der Waals surface area (Å²) < 4.78 is 6.14. The van der Waals surface area contributed by atoms with Gasteiger partial charge in [0.25, 0.3) is 0 Å². The molecule has 0 saturated heterocycles. The normalized spacial score (nSPS) is 14.2. The molecule has 0 fully saturated rings.